The summed E-state index contributed by atoms with van der Waals surface area (Å²) in [7, 11) is 0. The number of carbonyl (C=O) groups is 1. The maximum absolute atomic E-state index is 12.2. The van der Waals surface area contributed by atoms with Crippen molar-refractivity contribution in [1.82, 2.24) is 20.5 Å². The molecule has 9 heteroatoms. The molecule has 2 aromatic carbocycles. The van der Waals surface area contributed by atoms with Crippen LogP contribution in [0.5, 0.6) is 0 Å². The summed E-state index contributed by atoms with van der Waals surface area (Å²) in [5.41, 5.74) is 3.57. The Morgan fingerprint density at radius 3 is 2.31 bits per heavy atom. The van der Waals surface area contributed by atoms with E-state index in [9.17, 15) is 4.79 Å². The van der Waals surface area contributed by atoms with Gasteiger partial charge in [0.15, 0.2) is 5.17 Å². The third kappa shape index (κ3) is 5.27. The molecule has 0 atom stereocenters. The number of nitrogens with one attached hydrogen (secondary N) is 1. The van der Waals surface area contributed by atoms with Gasteiger partial charge >= 0.3 is 0 Å². The Kier molecular flexibility index (Phi) is 6.28. The highest BCUT2D eigenvalue weighted by atomic mass is 32.2. The summed E-state index contributed by atoms with van der Waals surface area (Å²) in [5, 5.41) is 20.3. The summed E-state index contributed by atoms with van der Waals surface area (Å²) >= 11 is 2.67. The monoisotopic (exact) mass is 420 g/mol. The van der Waals surface area contributed by atoms with Gasteiger partial charge < -0.3 is 5.32 Å². The molecule has 1 aromatic heterocycles. The molecule has 7 nitrogen and oxygen atoms in total. The van der Waals surface area contributed by atoms with Crippen LogP contribution in [-0.4, -0.2) is 43.5 Å². The first-order valence-electron chi connectivity index (χ1n) is 8.78. The van der Waals surface area contributed by atoms with E-state index in [1.165, 1.54) is 23.5 Å². The van der Waals surface area contributed by atoms with Crippen LogP contribution in [0.15, 0.2) is 82.2 Å². The molecule has 0 bridgehead atoms. The number of nitrogens with zero attached hydrogens (tertiary/aromatic N) is 5. The van der Waals surface area contributed by atoms with Crippen LogP contribution >= 0.6 is 23.5 Å². The van der Waals surface area contributed by atoms with Gasteiger partial charge in [0.2, 0.25) is 11.1 Å². The lowest BCUT2D eigenvalue weighted by Crippen LogP contribution is -2.31. The Morgan fingerprint density at radius 2 is 1.69 bits per heavy atom. The second-order valence-corrected chi connectivity index (χ2v) is 7.84. The molecule has 29 heavy (non-hydrogen) atoms. The highest BCUT2D eigenvalue weighted by Gasteiger charge is 2.15. The summed E-state index contributed by atoms with van der Waals surface area (Å²) < 4.78 is 0. The SMILES string of the molecule is O=C(CSc1ncc(-c2ccccc2)nn1)NC1=NN=C(c2ccccc2)CS1. The quantitative estimate of drug-likeness (QED) is 0.637. The standard InChI is InChI=1S/C20H16N6OS2/c27-18(22-20-26-24-17(12-28-20)15-9-5-2-6-10-15)13-29-19-21-11-16(23-25-19)14-7-3-1-4-8-14/h1-11H,12-13H2,(H,22,26,27). The average Bonchev–Trinajstić information content (AvgIpc) is 2.80. The van der Waals surface area contributed by atoms with Crippen molar-refractivity contribution in [2.45, 2.75) is 5.16 Å². The molecular weight excluding hydrogens is 404 g/mol. The maximum Gasteiger partial charge on any atom is 0.236 e. The van der Waals surface area contributed by atoms with Gasteiger partial charge in [-0.15, -0.1) is 15.3 Å². The van der Waals surface area contributed by atoms with Crippen LogP contribution in [0.25, 0.3) is 11.3 Å². The Labute approximate surface area is 176 Å². The molecule has 2 heterocycles. The zero-order chi connectivity index (χ0) is 19.9. The van der Waals surface area contributed by atoms with Gasteiger partial charge in [-0.1, -0.05) is 84.2 Å². The first-order chi connectivity index (χ1) is 14.3. The number of amides is 1. The predicted octanol–water partition coefficient (Wildman–Crippen LogP) is 3.25. The molecule has 0 aliphatic carbocycles. The van der Waals surface area contributed by atoms with Crippen LogP contribution < -0.4 is 5.32 Å². The van der Waals surface area contributed by atoms with E-state index in [-0.39, 0.29) is 11.7 Å². The minimum atomic E-state index is -0.185. The van der Waals surface area contributed by atoms with Gasteiger partial charge in [0, 0.05) is 11.3 Å². The Balaban J connectivity index is 1.29. The summed E-state index contributed by atoms with van der Waals surface area (Å²) in [6, 6.07) is 19.6. The van der Waals surface area contributed by atoms with Crippen molar-refractivity contribution in [3.63, 3.8) is 0 Å². The molecule has 1 amide bonds. The van der Waals surface area contributed by atoms with Crippen LogP contribution in [0, 0.1) is 0 Å². The Hall–Kier alpha value is -3.04. The third-order valence-electron chi connectivity index (χ3n) is 3.90. The molecule has 0 fully saturated rings. The number of hydrogen-bond donors (Lipinski definition) is 1. The molecule has 0 spiro atoms. The van der Waals surface area contributed by atoms with Gasteiger partial charge in [0.1, 0.15) is 5.69 Å². The Morgan fingerprint density at radius 1 is 0.966 bits per heavy atom. The number of hydrogen-bond acceptors (Lipinski definition) is 8. The molecule has 144 valence electrons. The van der Waals surface area contributed by atoms with Crippen LogP contribution in [-0.2, 0) is 4.79 Å². The van der Waals surface area contributed by atoms with Crippen LogP contribution in [0.2, 0.25) is 0 Å². The average molecular weight is 421 g/mol. The van der Waals surface area contributed by atoms with Crippen LogP contribution in [0.4, 0.5) is 0 Å². The number of amidine groups is 1. The van der Waals surface area contributed by atoms with Gasteiger partial charge in [-0.25, -0.2) is 4.98 Å². The molecule has 1 N–H and O–H groups in total. The molecule has 0 saturated heterocycles. The van der Waals surface area contributed by atoms with Crippen molar-refractivity contribution in [3.05, 3.63) is 72.4 Å². The number of benzene rings is 2. The predicted molar refractivity (Wildman–Crippen MR) is 117 cm³/mol. The van der Waals surface area contributed by atoms with E-state index in [4.69, 9.17) is 0 Å². The van der Waals surface area contributed by atoms with Gasteiger partial charge in [-0.05, 0) is 5.56 Å². The van der Waals surface area contributed by atoms with Gasteiger partial charge in [-0.2, -0.15) is 5.10 Å². The van der Waals surface area contributed by atoms with Crippen molar-refractivity contribution in [2.24, 2.45) is 10.2 Å². The highest BCUT2D eigenvalue weighted by molar-refractivity contribution is 8.14. The maximum atomic E-state index is 12.2. The molecule has 4 rings (SSSR count). The third-order valence-corrected chi connectivity index (χ3v) is 5.63. The number of carbonyl (C=O) groups excluding carboxylic acids is 1. The Bertz CT molecular complexity index is 1040. The fourth-order valence-corrected chi connectivity index (χ4v) is 3.83. The summed E-state index contributed by atoms with van der Waals surface area (Å²) in [4.78, 5) is 16.4. The normalized spacial score (nSPS) is 13.4. The van der Waals surface area contributed by atoms with E-state index >= 15 is 0 Å². The van der Waals surface area contributed by atoms with Crippen molar-refractivity contribution >= 4 is 40.3 Å². The molecule has 0 saturated carbocycles. The van der Waals surface area contributed by atoms with Crippen molar-refractivity contribution in [1.29, 1.82) is 0 Å². The lowest BCUT2D eigenvalue weighted by Gasteiger charge is -2.12. The number of aromatic nitrogens is 3. The highest BCUT2D eigenvalue weighted by Crippen LogP contribution is 2.18. The van der Waals surface area contributed by atoms with Gasteiger partial charge in [0.05, 0.1) is 17.7 Å². The van der Waals surface area contributed by atoms with E-state index in [1.807, 2.05) is 60.7 Å². The molecule has 1 aliphatic heterocycles. The molecular formula is C20H16N6OS2. The number of rotatable bonds is 5. The van der Waals surface area contributed by atoms with E-state index < -0.39 is 0 Å². The summed E-state index contributed by atoms with van der Waals surface area (Å²) in [5.74, 6) is 0.640. The number of thioether (sulfide) groups is 2. The smallest absolute Gasteiger partial charge is 0.236 e. The summed E-state index contributed by atoms with van der Waals surface area (Å²) in [6.07, 6.45) is 1.66. The van der Waals surface area contributed by atoms with Gasteiger partial charge in [0.25, 0.3) is 0 Å². The second-order valence-electron chi connectivity index (χ2n) is 5.94. The first kappa shape index (κ1) is 19.3. The molecule has 0 radical (unpaired) electrons. The zero-order valence-electron chi connectivity index (χ0n) is 15.2. The fraction of sp³-hybridized carbons (Fsp3) is 0.100. The van der Waals surface area contributed by atoms with Crippen molar-refractivity contribution < 1.29 is 4.79 Å². The lowest BCUT2D eigenvalue weighted by molar-refractivity contribution is -0.117. The van der Waals surface area contributed by atoms with Crippen molar-refractivity contribution in [3.8, 4) is 11.3 Å². The zero-order valence-corrected chi connectivity index (χ0v) is 16.9. The fourth-order valence-electron chi connectivity index (χ4n) is 2.49. The van der Waals surface area contributed by atoms with Crippen LogP contribution in [0.3, 0.4) is 0 Å². The molecule has 0 unspecified atom stereocenters. The molecule has 1 aliphatic rings. The minimum absolute atomic E-state index is 0.168. The van der Waals surface area contributed by atoms with E-state index in [2.05, 4.69) is 30.7 Å². The lowest BCUT2D eigenvalue weighted by atomic mass is 10.1. The molecule has 3 aromatic rings. The largest absolute Gasteiger partial charge is 0.303 e. The van der Waals surface area contributed by atoms with Crippen LogP contribution in [0.1, 0.15) is 5.56 Å². The van der Waals surface area contributed by atoms with E-state index in [1.54, 1.807) is 6.20 Å². The second kappa shape index (κ2) is 9.44. The first-order valence-corrected chi connectivity index (χ1v) is 10.8. The summed E-state index contributed by atoms with van der Waals surface area (Å²) in [6.45, 7) is 0. The minimum Gasteiger partial charge on any atom is -0.303 e. The van der Waals surface area contributed by atoms with E-state index in [0.717, 1.165) is 16.8 Å². The topological polar surface area (TPSA) is 92.5 Å². The van der Waals surface area contributed by atoms with Gasteiger partial charge in [-0.3, -0.25) is 4.79 Å². The van der Waals surface area contributed by atoms with E-state index in [0.29, 0.717) is 21.8 Å². The van der Waals surface area contributed by atoms with Crippen molar-refractivity contribution in [2.75, 3.05) is 11.5 Å².